The summed E-state index contributed by atoms with van der Waals surface area (Å²) in [5.41, 5.74) is 2.59. The first-order valence-corrected chi connectivity index (χ1v) is 11.1. The molecule has 0 radical (unpaired) electrons. The molecule has 2 heterocycles. The van der Waals surface area contributed by atoms with Crippen LogP contribution in [0.4, 0.5) is 23.4 Å². The van der Waals surface area contributed by atoms with Crippen molar-refractivity contribution in [1.82, 2.24) is 14.2 Å². The molecular weight excluding hydrogens is 470 g/mol. The van der Waals surface area contributed by atoms with Crippen LogP contribution in [0.15, 0.2) is 46.5 Å². The lowest BCUT2D eigenvalue weighted by atomic mass is 10.2. The molecule has 0 bridgehead atoms. The fourth-order valence-electron chi connectivity index (χ4n) is 2.94. The summed E-state index contributed by atoms with van der Waals surface area (Å²) < 4.78 is 85.2. The van der Waals surface area contributed by atoms with E-state index in [1.807, 2.05) is 11.9 Å². The first-order chi connectivity index (χ1) is 15.6. The monoisotopic (exact) mass is 491 g/mol. The minimum atomic E-state index is -3.67. The highest BCUT2D eigenvalue weighted by Crippen LogP contribution is 2.26. The van der Waals surface area contributed by atoms with Crippen LogP contribution in [-0.2, 0) is 10.0 Å². The summed E-state index contributed by atoms with van der Waals surface area (Å²) >= 11 is 0. The van der Waals surface area contributed by atoms with Gasteiger partial charge in [0.05, 0.1) is 6.21 Å². The quantitative estimate of drug-likeness (QED) is 0.327. The van der Waals surface area contributed by atoms with Crippen molar-refractivity contribution < 1.29 is 35.5 Å². The van der Waals surface area contributed by atoms with Gasteiger partial charge in [0.15, 0.2) is 0 Å². The van der Waals surface area contributed by atoms with Gasteiger partial charge in [-0.2, -0.15) is 27.0 Å². The average Bonchev–Trinajstić information content (AvgIpc) is 2.75. The third-order valence-corrected chi connectivity index (χ3v) is 6.53. The largest absolute Gasteiger partial charge is 0.435 e. The molecule has 180 valence electrons. The van der Waals surface area contributed by atoms with Crippen molar-refractivity contribution in [3.8, 4) is 11.5 Å². The summed E-state index contributed by atoms with van der Waals surface area (Å²) in [5, 5.41) is 3.84. The van der Waals surface area contributed by atoms with Gasteiger partial charge in [-0.1, -0.05) is 0 Å². The zero-order chi connectivity index (χ0) is 24.0. The number of rotatable bonds is 9. The molecule has 1 aliphatic rings. The highest BCUT2D eigenvalue weighted by atomic mass is 32.2. The second-order valence-electron chi connectivity index (χ2n) is 6.91. The molecule has 0 saturated carbocycles. The van der Waals surface area contributed by atoms with Crippen LogP contribution in [0.25, 0.3) is 0 Å². The fourth-order valence-corrected chi connectivity index (χ4v) is 4.31. The molecular formula is C19H21F4N5O4S. The van der Waals surface area contributed by atoms with E-state index < -0.39 is 29.0 Å². The molecule has 2 aromatic rings. The second-order valence-corrected chi connectivity index (χ2v) is 8.85. The van der Waals surface area contributed by atoms with Crippen molar-refractivity contribution in [2.75, 3.05) is 38.7 Å². The van der Waals surface area contributed by atoms with Crippen LogP contribution in [0, 0.1) is 0 Å². The first-order valence-electron chi connectivity index (χ1n) is 9.62. The van der Waals surface area contributed by atoms with Gasteiger partial charge in [0, 0.05) is 44.0 Å². The number of nitrogens with one attached hydrogen (secondary N) is 1. The van der Waals surface area contributed by atoms with Gasteiger partial charge in [-0.3, -0.25) is 5.43 Å². The Kier molecular flexibility index (Phi) is 8.05. The Balaban J connectivity index is 1.68. The molecule has 1 aromatic carbocycles. The Morgan fingerprint density at radius 3 is 2.36 bits per heavy atom. The molecule has 14 heteroatoms. The normalized spacial score (nSPS) is 16.0. The maximum Gasteiger partial charge on any atom is 0.387 e. The predicted octanol–water partition coefficient (Wildman–Crippen LogP) is 2.67. The lowest BCUT2D eigenvalue weighted by Crippen LogP contribution is -2.47. The molecule has 0 aliphatic carbocycles. The van der Waals surface area contributed by atoms with Crippen LogP contribution < -0.4 is 14.9 Å². The zero-order valence-electron chi connectivity index (χ0n) is 17.4. The van der Waals surface area contributed by atoms with Gasteiger partial charge in [-0.15, -0.1) is 0 Å². The predicted molar refractivity (Wildman–Crippen MR) is 111 cm³/mol. The number of hydrazone groups is 1. The minimum Gasteiger partial charge on any atom is -0.435 e. The Morgan fingerprint density at radius 2 is 1.76 bits per heavy atom. The van der Waals surface area contributed by atoms with Crippen LogP contribution in [0.1, 0.15) is 5.56 Å². The van der Waals surface area contributed by atoms with E-state index in [-0.39, 0.29) is 22.0 Å². The molecule has 1 fully saturated rings. The molecule has 0 unspecified atom stereocenters. The molecule has 1 aliphatic heterocycles. The molecule has 1 saturated heterocycles. The van der Waals surface area contributed by atoms with Gasteiger partial charge in [-0.25, -0.2) is 13.4 Å². The molecule has 0 spiro atoms. The third kappa shape index (κ3) is 6.76. The van der Waals surface area contributed by atoms with E-state index in [9.17, 15) is 26.0 Å². The fraction of sp³-hybridized carbons (Fsp3) is 0.368. The second kappa shape index (κ2) is 10.8. The zero-order valence-corrected chi connectivity index (χ0v) is 18.2. The SMILES string of the molecule is CN1CCN(S(=O)(=O)c2ccc(N/N=C/c3ccc(OC(F)F)cc3OC(F)F)nc2)CC1. The van der Waals surface area contributed by atoms with E-state index in [0.717, 1.165) is 18.3 Å². The molecule has 0 amide bonds. The summed E-state index contributed by atoms with van der Waals surface area (Å²) in [5.74, 6) is -0.586. The van der Waals surface area contributed by atoms with Crippen LogP contribution in [0.5, 0.6) is 11.5 Å². The van der Waals surface area contributed by atoms with Crippen molar-refractivity contribution in [2.24, 2.45) is 5.10 Å². The van der Waals surface area contributed by atoms with Gasteiger partial charge in [0.2, 0.25) is 10.0 Å². The summed E-state index contributed by atoms with van der Waals surface area (Å²) in [6, 6.07) is 6.01. The number of piperazine rings is 1. The van der Waals surface area contributed by atoms with Crippen molar-refractivity contribution in [3.05, 3.63) is 42.1 Å². The number of halogens is 4. The van der Waals surface area contributed by atoms with Crippen molar-refractivity contribution >= 4 is 22.1 Å². The Labute approximate surface area is 187 Å². The highest BCUT2D eigenvalue weighted by Gasteiger charge is 2.27. The Bertz CT molecular complexity index is 1060. The first kappa shape index (κ1) is 24.7. The van der Waals surface area contributed by atoms with E-state index >= 15 is 0 Å². The van der Waals surface area contributed by atoms with E-state index in [4.69, 9.17) is 0 Å². The number of alkyl halides is 4. The van der Waals surface area contributed by atoms with Gasteiger partial charge < -0.3 is 14.4 Å². The standard InChI is InChI=1S/C19H21F4N5O4S/c1-27-6-8-28(9-7-27)33(29,30)15-4-5-17(24-12-15)26-25-11-13-2-3-14(31-18(20)21)10-16(13)32-19(22)23/h2-5,10-12,18-19H,6-9H2,1H3,(H,24,26)/b25-11+. The number of hydrogen-bond donors (Lipinski definition) is 1. The number of aromatic nitrogens is 1. The number of likely N-dealkylation sites (N-methyl/N-ethyl adjacent to an activating group) is 1. The number of pyridine rings is 1. The number of nitrogens with zero attached hydrogens (tertiary/aromatic N) is 4. The maximum atomic E-state index is 12.7. The van der Waals surface area contributed by atoms with E-state index in [1.54, 1.807) is 0 Å². The Hall–Kier alpha value is -2.97. The Morgan fingerprint density at radius 1 is 1.06 bits per heavy atom. The van der Waals surface area contributed by atoms with Crippen molar-refractivity contribution in [1.29, 1.82) is 0 Å². The van der Waals surface area contributed by atoms with E-state index in [0.29, 0.717) is 26.2 Å². The molecule has 33 heavy (non-hydrogen) atoms. The van der Waals surface area contributed by atoms with Gasteiger partial charge in [0.1, 0.15) is 22.2 Å². The maximum absolute atomic E-state index is 12.7. The summed E-state index contributed by atoms with van der Waals surface area (Å²) in [4.78, 5) is 6.07. The van der Waals surface area contributed by atoms with Crippen LogP contribution >= 0.6 is 0 Å². The van der Waals surface area contributed by atoms with Crippen LogP contribution in [-0.4, -0.2) is 75.3 Å². The molecule has 1 N–H and O–H groups in total. The van der Waals surface area contributed by atoms with Crippen LogP contribution in [0.3, 0.4) is 0 Å². The molecule has 1 aromatic heterocycles. The van der Waals surface area contributed by atoms with Gasteiger partial charge >= 0.3 is 13.2 Å². The lowest BCUT2D eigenvalue weighted by molar-refractivity contribution is -0.0543. The number of benzene rings is 1. The topological polar surface area (TPSA) is 96.4 Å². The third-order valence-electron chi connectivity index (χ3n) is 4.65. The van der Waals surface area contributed by atoms with Gasteiger partial charge in [-0.05, 0) is 31.3 Å². The minimum absolute atomic E-state index is 0.0313. The highest BCUT2D eigenvalue weighted by molar-refractivity contribution is 7.89. The van der Waals surface area contributed by atoms with E-state index in [1.165, 1.54) is 28.7 Å². The number of ether oxygens (including phenoxy) is 2. The molecule has 9 nitrogen and oxygen atoms in total. The summed E-state index contributed by atoms with van der Waals surface area (Å²) in [6.07, 6.45) is 2.30. The van der Waals surface area contributed by atoms with Crippen molar-refractivity contribution in [3.63, 3.8) is 0 Å². The lowest BCUT2D eigenvalue weighted by Gasteiger charge is -2.31. The van der Waals surface area contributed by atoms with Crippen LogP contribution in [0.2, 0.25) is 0 Å². The molecule has 3 rings (SSSR count). The smallest absolute Gasteiger partial charge is 0.387 e. The summed E-state index contributed by atoms with van der Waals surface area (Å²) in [7, 11) is -1.75. The number of hydrogen-bond acceptors (Lipinski definition) is 8. The number of anilines is 1. The number of sulfonamides is 1. The van der Waals surface area contributed by atoms with Crippen molar-refractivity contribution in [2.45, 2.75) is 18.1 Å². The average molecular weight is 491 g/mol. The molecule has 0 atom stereocenters. The summed E-state index contributed by atoms with van der Waals surface area (Å²) in [6.45, 7) is -4.29. The van der Waals surface area contributed by atoms with Gasteiger partial charge in [0.25, 0.3) is 0 Å². The van der Waals surface area contributed by atoms with E-state index in [2.05, 4.69) is 25.0 Å².